The minimum Gasteiger partial charge on any atom is -0.369 e. The first kappa shape index (κ1) is 27.0. The molecule has 0 bridgehead atoms. The second-order valence-electron chi connectivity index (χ2n) is 10.2. The van der Waals surface area contributed by atoms with E-state index in [4.69, 9.17) is 0 Å². The number of carbonyl (C=O) groups excluding carboxylic acids is 2. The first-order valence-electron chi connectivity index (χ1n) is 13.3. The molecule has 2 aromatic rings. The lowest BCUT2D eigenvalue weighted by molar-refractivity contribution is -0.134. The van der Waals surface area contributed by atoms with Crippen molar-refractivity contribution >= 4 is 23.2 Å². The van der Waals surface area contributed by atoms with E-state index in [0.717, 1.165) is 18.4 Å². The van der Waals surface area contributed by atoms with Gasteiger partial charge in [-0.15, -0.1) is 0 Å². The van der Waals surface area contributed by atoms with Crippen LogP contribution in [0, 0.1) is 17.7 Å². The van der Waals surface area contributed by atoms with E-state index in [1.54, 1.807) is 12.1 Å². The van der Waals surface area contributed by atoms with Crippen LogP contribution in [0.25, 0.3) is 0 Å². The Morgan fingerprint density at radius 3 is 2.27 bits per heavy atom. The molecular weight excluding hydrogens is 479 g/mol. The number of amides is 2. The van der Waals surface area contributed by atoms with Crippen molar-refractivity contribution in [3.05, 3.63) is 59.9 Å². The van der Waals surface area contributed by atoms with Crippen molar-refractivity contribution in [1.82, 2.24) is 4.90 Å². The van der Waals surface area contributed by atoms with Gasteiger partial charge < -0.3 is 15.1 Å². The van der Waals surface area contributed by atoms with Gasteiger partial charge in [-0.05, 0) is 55.4 Å². The number of halogens is 3. The van der Waals surface area contributed by atoms with Gasteiger partial charge in [0.1, 0.15) is 5.82 Å². The lowest BCUT2D eigenvalue weighted by atomic mass is 9.79. The summed E-state index contributed by atoms with van der Waals surface area (Å²) in [5.74, 6) is -4.22. The number of piperidine rings is 1. The van der Waals surface area contributed by atoms with Gasteiger partial charge in [-0.2, -0.15) is 0 Å². The zero-order chi connectivity index (χ0) is 26.6. The topological polar surface area (TPSA) is 52.7 Å². The summed E-state index contributed by atoms with van der Waals surface area (Å²) in [6.45, 7) is 4.55. The number of hydrogen-bond donors (Lipinski definition) is 1. The maximum atomic E-state index is 15.1. The molecule has 37 heavy (non-hydrogen) atoms. The number of rotatable bonds is 8. The summed E-state index contributed by atoms with van der Waals surface area (Å²) in [7, 11) is 0. The normalized spacial score (nSPS) is 18.8. The molecule has 1 unspecified atom stereocenters. The number of carbonyl (C=O) groups is 2. The quantitative estimate of drug-likeness (QED) is 0.464. The summed E-state index contributed by atoms with van der Waals surface area (Å²) in [6, 6.07) is 14.1. The third-order valence-electron chi connectivity index (χ3n) is 7.83. The molecule has 0 aromatic heterocycles. The number of benzene rings is 2. The second kappa shape index (κ2) is 11.6. The van der Waals surface area contributed by atoms with Crippen LogP contribution in [0.1, 0.15) is 57.4 Å². The van der Waals surface area contributed by atoms with Gasteiger partial charge in [0.15, 0.2) is 0 Å². The smallest absolute Gasteiger partial charge is 0.267 e. The minimum absolute atomic E-state index is 0.0259. The number of anilines is 2. The van der Waals surface area contributed by atoms with Crippen LogP contribution in [-0.4, -0.2) is 48.8 Å². The Balaban J connectivity index is 1.44. The highest BCUT2D eigenvalue weighted by molar-refractivity contribution is 5.92. The Labute approximate surface area is 217 Å². The van der Waals surface area contributed by atoms with Crippen molar-refractivity contribution in [3.8, 4) is 0 Å². The molecule has 4 rings (SSSR count). The molecule has 2 heterocycles. The third kappa shape index (κ3) is 6.28. The van der Waals surface area contributed by atoms with Crippen LogP contribution in [0.15, 0.2) is 48.5 Å². The highest BCUT2D eigenvalue weighted by Crippen LogP contribution is 2.38. The zero-order valence-electron chi connectivity index (χ0n) is 21.6. The van der Waals surface area contributed by atoms with Gasteiger partial charge in [0.25, 0.3) is 5.92 Å². The van der Waals surface area contributed by atoms with Crippen molar-refractivity contribution in [1.29, 1.82) is 0 Å². The van der Waals surface area contributed by atoms with E-state index >= 15 is 4.39 Å². The largest absolute Gasteiger partial charge is 0.369 e. The van der Waals surface area contributed by atoms with Crippen LogP contribution < -0.4 is 10.2 Å². The molecule has 2 aliphatic heterocycles. The molecule has 5 nitrogen and oxygen atoms in total. The van der Waals surface area contributed by atoms with Crippen LogP contribution in [-0.2, 0) is 9.59 Å². The maximum absolute atomic E-state index is 15.1. The Morgan fingerprint density at radius 1 is 1.03 bits per heavy atom. The van der Waals surface area contributed by atoms with Gasteiger partial charge in [-0.25, -0.2) is 13.2 Å². The Bertz CT molecular complexity index is 1080. The summed E-state index contributed by atoms with van der Waals surface area (Å²) in [6.07, 6.45) is 2.44. The van der Waals surface area contributed by atoms with Crippen molar-refractivity contribution in [2.24, 2.45) is 11.8 Å². The van der Waals surface area contributed by atoms with E-state index in [2.05, 4.69) is 5.32 Å². The molecule has 2 fully saturated rings. The maximum Gasteiger partial charge on any atom is 0.267 e. The van der Waals surface area contributed by atoms with Crippen LogP contribution in [0.3, 0.4) is 0 Å². The molecule has 0 aliphatic carbocycles. The molecule has 1 atom stereocenters. The molecule has 2 saturated heterocycles. The number of nitrogens with one attached hydrogen (secondary N) is 1. The van der Waals surface area contributed by atoms with Crippen LogP contribution >= 0.6 is 0 Å². The molecule has 1 N–H and O–H groups in total. The summed E-state index contributed by atoms with van der Waals surface area (Å²) < 4.78 is 42.8. The van der Waals surface area contributed by atoms with E-state index in [0.29, 0.717) is 37.3 Å². The van der Waals surface area contributed by atoms with Gasteiger partial charge in [0, 0.05) is 37.7 Å². The van der Waals surface area contributed by atoms with Crippen LogP contribution in [0.5, 0.6) is 0 Å². The van der Waals surface area contributed by atoms with E-state index in [-0.39, 0.29) is 36.6 Å². The van der Waals surface area contributed by atoms with Gasteiger partial charge in [-0.3, -0.25) is 9.59 Å². The Hall–Kier alpha value is -3.03. The first-order valence-corrected chi connectivity index (χ1v) is 13.3. The third-order valence-corrected chi connectivity index (χ3v) is 7.83. The lowest BCUT2D eigenvalue weighted by Crippen LogP contribution is -2.42. The molecular formula is C29H36F3N3O2. The fourth-order valence-electron chi connectivity index (χ4n) is 5.62. The van der Waals surface area contributed by atoms with E-state index in [1.807, 2.05) is 49.1 Å². The summed E-state index contributed by atoms with van der Waals surface area (Å²) in [5, 5.41) is 2.81. The number of hydrogen-bond acceptors (Lipinski definition) is 3. The number of likely N-dealkylation sites (tertiary alicyclic amines) is 1. The van der Waals surface area contributed by atoms with Gasteiger partial charge >= 0.3 is 0 Å². The molecule has 0 spiro atoms. The van der Waals surface area contributed by atoms with Crippen molar-refractivity contribution in [2.75, 3.05) is 36.4 Å². The van der Waals surface area contributed by atoms with Gasteiger partial charge in [0.05, 0.1) is 18.2 Å². The van der Waals surface area contributed by atoms with E-state index in [9.17, 15) is 18.4 Å². The fraction of sp³-hybridized carbons (Fsp3) is 0.517. The zero-order valence-corrected chi connectivity index (χ0v) is 21.6. The number of nitrogens with zero attached hydrogens (tertiary/aromatic N) is 2. The van der Waals surface area contributed by atoms with E-state index < -0.39 is 24.2 Å². The minimum atomic E-state index is -2.84. The van der Waals surface area contributed by atoms with Gasteiger partial charge in [-0.1, -0.05) is 44.2 Å². The lowest BCUT2D eigenvalue weighted by Gasteiger charge is -2.38. The first-order chi connectivity index (χ1) is 17.7. The van der Waals surface area contributed by atoms with Crippen molar-refractivity contribution in [2.45, 2.75) is 57.8 Å². The second-order valence-corrected chi connectivity index (χ2v) is 10.2. The fourth-order valence-corrected chi connectivity index (χ4v) is 5.62. The van der Waals surface area contributed by atoms with Crippen molar-refractivity contribution < 1.29 is 22.8 Å². The highest BCUT2D eigenvalue weighted by Gasteiger charge is 2.44. The van der Waals surface area contributed by atoms with Crippen molar-refractivity contribution in [3.63, 3.8) is 0 Å². The molecule has 200 valence electrons. The molecule has 0 radical (unpaired) electrons. The predicted octanol–water partition coefficient (Wildman–Crippen LogP) is 6.07. The van der Waals surface area contributed by atoms with Gasteiger partial charge in [0.2, 0.25) is 11.8 Å². The summed E-state index contributed by atoms with van der Waals surface area (Å²) in [5.41, 5.74) is 1.73. The average Bonchev–Trinajstić information content (AvgIpc) is 3.26. The average molecular weight is 516 g/mol. The molecule has 0 saturated carbocycles. The van der Waals surface area contributed by atoms with Crippen LogP contribution in [0.2, 0.25) is 0 Å². The predicted molar refractivity (Wildman–Crippen MR) is 139 cm³/mol. The highest BCUT2D eigenvalue weighted by atomic mass is 19.3. The van der Waals surface area contributed by atoms with E-state index in [1.165, 1.54) is 11.0 Å². The summed E-state index contributed by atoms with van der Waals surface area (Å²) >= 11 is 0. The molecule has 2 aromatic carbocycles. The molecule has 2 aliphatic rings. The number of alkyl halides is 2. The monoisotopic (exact) mass is 515 g/mol. The summed E-state index contributed by atoms with van der Waals surface area (Å²) in [4.78, 5) is 29.1. The van der Waals surface area contributed by atoms with Crippen LogP contribution in [0.4, 0.5) is 24.5 Å². The molecule has 8 heteroatoms. The standard InChI is InChI=1S/C29H36F3N3O2/c1-3-20(4-2)27(36)33-23-10-11-25(24(30)18-23)34-15-12-22(13-16-34)26(21-8-6-5-7-9-21)28(37)35-17-14-29(31,32)19-35/h5-11,18,20,22,26H,3-4,12-17,19H2,1-2H3,(H,33,36). The SMILES string of the molecule is CCC(CC)C(=O)Nc1ccc(N2CCC(C(C(=O)N3CCC(F)(F)C3)c3ccccc3)CC2)c(F)c1. The Morgan fingerprint density at radius 2 is 1.70 bits per heavy atom. The molecule has 2 amide bonds. The Kier molecular flexibility index (Phi) is 8.45.